The van der Waals surface area contributed by atoms with Crippen molar-refractivity contribution in [1.29, 1.82) is 0 Å². The molecule has 0 aromatic heterocycles. The molecule has 0 saturated heterocycles. The van der Waals surface area contributed by atoms with E-state index in [1.54, 1.807) is 12.2 Å². The van der Waals surface area contributed by atoms with E-state index < -0.39 is 12.2 Å². The van der Waals surface area contributed by atoms with Crippen molar-refractivity contribution in [3.8, 4) is 0 Å². The molecule has 0 fully saturated rings. The third-order valence-corrected chi connectivity index (χ3v) is 3.00. The van der Waals surface area contributed by atoms with E-state index in [9.17, 15) is 10.2 Å². The van der Waals surface area contributed by atoms with Crippen LogP contribution in [-0.2, 0) is 0 Å². The summed E-state index contributed by atoms with van der Waals surface area (Å²) < 4.78 is 0. The molecular weight excluding hydrogens is 284 g/mol. The van der Waals surface area contributed by atoms with Crippen LogP contribution in [0.15, 0.2) is 72.9 Å². The van der Waals surface area contributed by atoms with Crippen molar-refractivity contribution in [3.63, 3.8) is 0 Å². The SMILES string of the molecule is CC/C=C\C/C=C\C[C@H](O)/C=C/C=C\C=C\[C@@H](O)C/C=C\CC. The normalized spacial score (nSPS) is 16.2. The fourth-order valence-corrected chi connectivity index (χ4v) is 1.75. The molecule has 0 bridgehead atoms. The first-order valence-corrected chi connectivity index (χ1v) is 8.53. The van der Waals surface area contributed by atoms with Gasteiger partial charge in [-0.3, -0.25) is 0 Å². The third-order valence-electron chi connectivity index (χ3n) is 3.00. The number of hydrogen-bond acceptors (Lipinski definition) is 2. The highest BCUT2D eigenvalue weighted by molar-refractivity contribution is 5.13. The van der Waals surface area contributed by atoms with Crippen molar-refractivity contribution in [2.24, 2.45) is 0 Å². The van der Waals surface area contributed by atoms with Crippen LogP contribution in [0, 0.1) is 0 Å². The van der Waals surface area contributed by atoms with Gasteiger partial charge in [0.25, 0.3) is 0 Å². The molecule has 128 valence electrons. The largest absolute Gasteiger partial charge is 0.389 e. The van der Waals surface area contributed by atoms with E-state index in [2.05, 4.69) is 32.1 Å². The molecule has 0 aromatic carbocycles. The summed E-state index contributed by atoms with van der Waals surface area (Å²) in [5, 5.41) is 19.4. The first-order valence-electron chi connectivity index (χ1n) is 8.53. The van der Waals surface area contributed by atoms with E-state index in [-0.39, 0.29) is 0 Å². The second kappa shape index (κ2) is 16.7. The maximum Gasteiger partial charge on any atom is 0.0758 e. The summed E-state index contributed by atoms with van der Waals surface area (Å²) in [5.41, 5.74) is 0. The monoisotopic (exact) mass is 316 g/mol. The van der Waals surface area contributed by atoms with Gasteiger partial charge in [-0.25, -0.2) is 0 Å². The average Bonchev–Trinajstić information content (AvgIpc) is 2.54. The molecule has 2 nitrogen and oxygen atoms in total. The van der Waals surface area contributed by atoms with E-state index in [0.717, 1.165) is 19.3 Å². The van der Waals surface area contributed by atoms with Gasteiger partial charge in [-0.1, -0.05) is 86.8 Å². The highest BCUT2D eigenvalue weighted by Crippen LogP contribution is 1.99. The number of hydrogen-bond donors (Lipinski definition) is 2. The maximum absolute atomic E-state index is 9.76. The molecule has 0 aromatic rings. The lowest BCUT2D eigenvalue weighted by molar-refractivity contribution is 0.226. The Balaban J connectivity index is 3.89. The molecular formula is C21H32O2. The Labute approximate surface area is 141 Å². The van der Waals surface area contributed by atoms with Gasteiger partial charge < -0.3 is 10.2 Å². The summed E-state index contributed by atoms with van der Waals surface area (Å²) in [7, 11) is 0. The molecule has 2 atom stereocenters. The van der Waals surface area contributed by atoms with Gasteiger partial charge in [0.1, 0.15) is 0 Å². The Bertz CT molecular complexity index is 425. The highest BCUT2D eigenvalue weighted by Gasteiger charge is 1.93. The van der Waals surface area contributed by atoms with Gasteiger partial charge in [0.2, 0.25) is 0 Å². The molecule has 2 N–H and O–H groups in total. The number of allylic oxidation sites excluding steroid dienone is 8. The maximum atomic E-state index is 9.76. The van der Waals surface area contributed by atoms with Crippen LogP contribution in [0.4, 0.5) is 0 Å². The van der Waals surface area contributed by atoms with Crippen molar-refractivity contribution in [1.82, 2.24) is 0 Å². The summed E-state index contributed by atoms with van der Waals surface area (Å²) in [6.07, 6.45) is 26.6. The van der Waals surface area contributed by atoms with Gasteiger partial charge in [0.05, 0.1) is 12.2 Å². The Morgan fingerprint density at radius 3 is 1.57 bits per heavy atom. The van der Waals surface area contributed by atoms with E-state index >= 15 is 0 Å². The van der Waals surface area contributed by atoms with E-state index in [4.69, 9.17) is 0 Å². The summed E-state index contributed by atoms with van der Waals surface area (Å²) in [4.78, 5) is 0. The molecule has 0 unspecified atom stereocenters. The molecule has 0 rings (SSSR count). The molecule has 0 radical (unpaired) electrons. The lowest BCUT2D eigenvalue weighted by atomic mass is 10.2. The van der Waals surface area contributed by atoms with Crippen molar-refractivity contribution in [3.05, 3.63) is 72.9 Å². The number of aliphatic hydroxyl groups excluding tert-OH is 2. The molecule has 0 spiro atoms. The van der Waals surface area contributed by atoms with Crippen LogP contribution in [0.3, 0.4) is 0 Å². The molecule has 0 aliphatic carbocycles. The third kappa shape index (κ3) is 16.6. The Hall–Kier alpha value is -1.64. The second-order valence-corrected chi connectivity index (χ2v) is 5.23. The predicted octanol–water partition coefficient (Wildman–Crippen LogP) is 5.04. The zero-order chi connectivity index (χ0) is 17.2. The minimum atomic E-state index is -0.459. The smallest absolute Gasteiger partial charge is 0.0758 e. The lowest BCUT2D eigenvalue weighted by Gasteiger charge is -1.99. The number of rotatable bonds is 12. The van der Waals surface area contributed by atoms with Gasteiger partial charge in [-0.05, 0) is 32.1 Å². The number of aliphatic hydroxyl groups is 2. The molecule has 0 aliphatic rings. The van der Waals surface area contributed by atoms with Crippen molar-refractivity contribution >= 4 is 0 Å². The van der Waals surface area contributed by atoms with Crippen LogP contribution in [0.1, 0.15) is 46.0 Å². The first-order chi connectivity index (χ1) is 11.2. The van der Waals surface area contributed by atoms with Gasteiger partial charge in [-0.15, -0.1) is 0 Å². The minimum Gasteiger partial charge on any atom is -0.389 e. The van der Waals surface area contributed by atoms with Crippen LogP contribution in [0.2, 0.25) is 0 Å². The molecule has 0 heterocycles. The van der Waals surface area contributed by atoms with E-state index in [0.29, 0.717) is 12.8 Å². The first kappa shape index (κ1) is 21.4. The van der Waals surface area contributed by atoms with Crippen LogP contribution in [0.25, 0.3) is 0 Å². The zero-order valence-corrected chi connectivity index (χ0v) is 14.5. The zero-order valence-electron chi connectivity index (χ0n) is 14.5. The second-order valence-electron chi connectivity index (χ2n) is 5.23. The fraction of sp³-hybridized carbons (Fsp3) is 0.429. The minimum absolute atomic E-state index is 0.441. The quantitative estimate of drug-likeness (QED) is 0.391. The summed E-state index contributed by atoms with van der Waals surface area (Å²) in [6.45, 7) is 4.18. The van der Waals surface area contributed by atoms with Crippen LogP contribution < -0.4 is 0 Å². The van der Waals surface area contributed by atoms with Gasteiger partial charge >= 0.3 is 0 Å². The summed E-state index contributed by atoms with van der Waals surface area (Å²) >= 11 is 0. The fourth-order valence-electron chi connectivity index (χ4n) is 1.75. The predicted molar refractivity (Wildman–Crippen MR) is 101 cm³/mol. The van der Waals surface area contributed by atoms with Gasteiger partial charge in [0, 0.05) is 0 Å². The van der Waals surface area contributed by atoms with Crippen LogP contribution in [0.5, 0.6) is 0 Å². The summed E-state index contributed by atoms with van der Waals surface area (Å²) in [6, 6.07) is 0. The molecule has 2 heteroatoms. The van der Waals surface area contributed by atoms with Crippen molar-refractivity contribution < 1.29 is 10.2 Å². The van der Waals surface area contributed by atoms with Crippen LogP contribution in [-0.4, -0.2) is 22.4 Å². The molecule has 0 saturated carbocycles. The topological polar surface area (TPSA) is 40.5 Å². The van der Waals surface area contributed by atoms with E-state index in [1.165, 1.54) is 0 Å². The lowest BCUT2D eigenvalue weighted by Crippen LogP contribution is -1.98. The van der Waals surface area contributed by atoms with Crippen molar-refractivity contribution in [2.75, 3.05) is 0 Å². The van der Waals surface area contributed by atoms with Crippen LogP contribution >= 0.6 is 0 Å². The Morgan fingerprint density at radius 1 is 0.609 bits per heavy atom. The van der Waals surface area contributed by atoms with Gasteiger partial charge in [-0.2, -0.15) is 0 Å². The van der Waals surface area contributed by atoms with E-state index in [1.807, 2.05) is 42.5 Å². The van der Waals surface area contributed by atoms with Crippen molar-refractivity contribution in [2.45, 2.75) is 58.2 Å². The average molecular weight is 316 g/mol. The Morgan fingerprint density at radius 2 is 1.04 bits per heavy atom. The summed E-state index contributed by atoms with van der Waals surface area (Å²) in [5.74, 6) is 0. The molecule has 23 heavy (non-hydrogen) atoms. The van der Waals surface area contributed by atoms with Gasteiger partial charge in [0.15, 0.2) is 0 Å². The molecule has 0 amide bonds. The Kier molecular flexibility index (Phi) is 15.5. The molecule has 0 aliphatic heterocycles. The highest BCUT2D eigenvalue weighted by atomic mass is 16.3. The standard InChI is InChI=1S/C21H32O2/c1-3-5-7-8-9-13-17-21(23)19-15-11-10-14-18-20(22)16-12-6-4-2/h5-7,9-15,18-23H,3-4,8,16-17H2,1-2H3/b7-5-,11-10-,12-6-,13-9-,18-14+,19-15+/t20-,21-/m0/s1.